The van der Waals surface area contributed by atoms with Crippen LogP contribution in [-0.4, -0.2) is 19.1 Å². The number of rotatable bonds is 5. The van der Waals surface area contributed by atoms with Gasteiger partial charge in [0.2, 0.25) is 5.91 Å². The van der Waals surface area contributed by atoms with E-state index in [9.17, 15) is 4.79 Å². The summed E-state index contributed by atoms with van der Waals surface area (Å²) in [6.07, 6.45) is 1.64. The first-order valence-corrected chi connectivity index (χ1v) is 5.77. The van der Waals surface area contributed by atoms with Crippen LogP contribution in [0.2, 0.25) is 0 Å². The van der Waals surface area contributed by atoms with Crippen molar-refractivity contribution in [2.24, 2.45) is 0 Å². The molecule has 1 heterocycles. The van der Waals surface area contributed by atoms with Crippen LogP contribution in [0.5, 0.6) is 5.75 Å². The Balaban J connectivity index is 1.94. The van der Waals surface area contributed by atoms with Gasteiger partial charge in [0.15, 0.2) is 0 Å². The van der Waals surface area contributed by atoms with E-state index >= 15 is 0 Å². The third-order valence-corrected chi connectivity index (χ3v) is 2.38. The van der Waals surface area contributed by atoms with Gasteiger partial charge in [-0.2, -0.15) is 0 Å². The molecule has 0 aliphatic carbocycles. The first-order valence-electron chi connectivity index (χ1n) is 5.77. The van der Waals surface area contributed by atoms with Crippen molar-refractivity contribution in [1.29, 1.82) is 0 Å². The highest BCUT2D eigenvalue weighted by atomic mass is 16.5. The molecule has 0 saturated heterocycles. The second kappa shape index (κ2) is 5.91. The van der Waals surface area contributed by atoms with Gasteiger partial charge in [-0.15, -0.1) is 0 Å². The molecular weight excluding hydrogens is 230 g/mol. The van der Waals surface area contributed by atoms with Crippen LogP contribution in [0, 0.1) is 0 Å². The standard InChI is InChI=1S/C14H15NO3/c1-11(16)15-7-9-17-13-5-2-4-12(10-13)14-6-3-8-18-14/h2-6,8,10H,7,9H2,1H3,(H,15,16). The topological polar surface area (TPSA) is 51.5 Å². The van der Waals surface area contributed by atoms with Crippen molar-refractivity contribution in [3.8, 4) is 17.1 Å². The molecule has 2 aromatic rings. The number of amides is 1. The van der Waals surface area contributed by atoms with Gasteiger partial charge < -0.3 is 14.5 Å². The lowest BCUT2D eigenvalue weighted by molar-refractivity contribution is -0.119. The third kappa shape index (κ3) is 3.38. The molecular formula is C14H15NO3. The fourth-order valence-electron chi connectivity index (χ4n) is 1.58. The summed E-state index contributed by atoms with van der Waals surface area (Å²) >= 11 is 0. The quantitative estimate of drug-likeness (QED) is 0.823. The van der Waals surface area contributed by atoms with Crippen LogP contribution in [-0.2, 0) is 4.79 Å². The van der Waals surface area contributed by atoms with E-state index in [1.807, 2.05) is 36.4 Å². The molecule has 94 valence electrons. The van der Waals surface area contributed by atoms with Crippen molar-refractivity contribution in [3.63, 3.8) is 0 Å². The van der Waals surface area contributed by atoms with Gasteiger partial charge in [0, 0.05) is 12.5 Å². The normalized spacial score (nSPS) is 10.1. The highest BCUT2D eigenvalue weighted by Gasteiger charge is 2.02. The van der Waals surface area contributed by atoms with Gasteiger partial charge in [0.1, 0.15) is 18.1 Å². The predicted octanol–water partition coefficient (Wildman–Crippen LogP) is 2.46. The number of hydrogen-bond donors (Lipinski definition) is 1. The Hall–Kier alpha value is -2.23. The molecule has 18 heavy (non-hydrogen) atoms. The van der Waals surface area contributed by atoms with Gasteiger partial charge >= 0.3 is 0 Å². The zero-order chi connectivity index (χ0) is 12.8. The Morgan fingerprint density at radius 2 is 2.22 bits per heavy atom. The molecule has 0 aliphatic heterocycles. The number of carbonyl (C=O) groups excluding carboxylic acids is 1. The van der Waals surface area contributed by atoms with Crippen molar-refractivity contribution in [2.75, 3.05) is 13.2 Å². The molecule has 0 spiro atoms. The number of benzene rings is 1. The molecule has 4 nitrogen and oxygen atoms in total. The van der Waals surface area contributed by atoms with E-state index in [1.165, 1.54) is 6.92 Å². The van der Waals surface area contributed by atoms with Gasteiger partial charge in [-0.3, -0.25) is 4.79 Å². The zero-order valence-corrected chi connectivity index (χ0v) is 10.2. The summed E-state index contributed by atoms with van der Waals surface area (Å²) in [5.74, 6) is 1.51. The lowest BCUT2D eigenvalue weighted by Gasteiger charge is -2.07. The zero-order valence-electron chi connectivity index (χ0n) is 10.2. The molecule has 0 radical (unpaired) electrons. The van der Waals surface area contributed by atoms with E-state index in [2.05, 4.69) is 5.32 Å². The van der Waals surface area contributed by atoms with Gasteiger partial charge in [-0.25, -0.2) is 0 Å². The summed E-state index contributed by atoms with van der Waals surface area (Å²) in [6.45, 7) is 2.43. The molecule has 1 amide bonds. The summed E-state index contributed by atoms with van der Waals surface area (Å²) < 4.78 is 10.9. The monoisotopic (exact) mass is 245 g/mol. The SMILES string of the molecule is CC(=O)NCCOc1cccc(-c2ccco2)c1. The number of ether oxygens (including phenoxy) is 1. The molecule has 0 atom stereocenters. The van der Waals surface area contributed by atoms with E-state index in [1.54, 1.807) is 6.26 Å². The number of hydrogen-bond acceptors (Lipinski definition) is 3. The fraction of sp³-hybridized carbons (Fsp3) is 0.214. The van der Waals surface area contributed by atoms with Crippen molar-refractivity contribution < 1.29 is 13.9 Å². The van der Waals surface area contributed by atoms with Gasteiger partial charge in [0.05, 0.1) is 12.8 Å². The first-order chi connectivity index (χ1) is 8.75. The van der Waals surface area contributed by atoms with Crippen molar-refractivity contribution in [2.45, 2.75) is 6.92 Å². The molecule has 1 N–H and O–H groups in total. The summed E-state index contributed by atoms with van der Waals surface area (Å²) in [6, 6.07) is 11.4. The highest BCUT2D eigenvalue weighted by Crippen LogP contribution is 2.23. The number of carbonyl (C=O) groups is 1. The second-order valence-electron chi connectivity index (χ2n) is 3.84. The maximum atomic E-state index is 10.7. The maximum absolute atomic E-state index is 10.7. The number of nitrogens with one attached hydrogen (secondary N) is 1. The average molecular weight is 245 g/mol. The van der Waals surface area contributed by atoms with Crippen LogP contribution in [0.4, 0.5) is 0 Å². The Bertz CT molecular complexity index is 506. The van der Waals surface area contributed by atoms with Crippen molar-refractivity contribution in [3.05, 3.63) is 42.7 Å². The Morgan fingerprint density at radius 1 is 1.33 bits per heavy atom. The first kappa shape index (κ1) is 12.2. The summed E-state index contributed by atoms with van der Waals surface area (Å²) in [7, 11) is 0. The Morgan fingerprint density at radius 3 is 2.94 bits per heavy atom. The molecule has 0 unspecified atom stereocenters. The summed E-state index contributed by atoms with van der Waals surface area (Å²) in [4.78, 5) is 10.7. The fourth-order valence-corrected chi connectivity index (χ4v) is 1.58. The minimum absolute atomic E-state index is 0.0528. The molecule has 4 heteroatoms. The van der Waals surface area contributed by atoms with Gasteiger partial charge in [-0.05, 0) is 24.3 Å². The van der Waals surface area contributed by atoms with Crippen molar-refractivity contribution in [1.82, 2.24) is 5.32 Å². The molecule has 0 fully saturated rings. The summed E-state index contributed by atoms with van der Waals surface area (Å²) in [5.41, 5.74) is 0.969. The van der Waals surface area contributed by atoms with E-state index in [0.717, 1.165) is 17.1 Å². The molecule has 0 aliphatic rings. The average Bonchev–Trinajstić information content (AvgIpc) is 2.89. The third-order valence-electron chi connectivity index (χ3n) is 2.38. The maximum Gasteiger partial charge on any atom is 0.216 e. The van der Waals surface area contributed by atoms with Gasteiger partial charge in [-0.1, -0.05) is 12.1 Å². The minimum Gasteiger partial charge on any atom is -0.492 e. The van der Waals surface area contributed by atoms with E-state index in [-0.39, 0.29) is 5.91 Å². The van der Waals surface area contributed by atoms with Crippen LogP contribution in [0.25, 0.3) is 11.3 Å². The molecule has 1 aromatic heterocycles. The second-order valence-corrected chi connectivity index (χ2v) is 3.84. The minimum atomic E-state index is -0.0528. The van der Waals surface area contributed by atoms with Gasteiger partial charge in [0.25, 0.3) is 0 Å². The highest BCUT2D eigenvalue weighted by molar-refractivity contribution is 5.72. The molecule has 0 saturated carbocycles. The molecule has 0 bridgehead atoms. The van der Waals surface area contributed by atoms with Crippen LogP contribution < -0.4 is 10.1 Å². The molecule has 1 aromatic carbocycles. The predicted molar refractivity (Wildman–Crippen MR) is 68.3 cm³/mol. The van der Waals surface area contributed by atoms with Crippen LogP contribution in [0.3, 0.4) is 0 Å². The van der Waals surface area contributed by atoms with Crippen LogP contribution in [0.1, 0.15) is 6.92 Å². The van der Waals surface area contributed by atoms with Crippen molar-refractivity contribution >= 4 is 5.91 Å². The summed E-state index contributed by atoms with van der Waals surface area (Å²) in [5, 5.41) is 2.68. The van der Waals surface area contributed by atoms with E-state index in [4.69, 9.17) is 9.15 Å². The molecule has 2 rings (SSSR count). The largest absolute Gasteiger partial charge is 0.492 e. The smallest absolute Gasteiger partial charge is 0.216 e. The lowest BCUT2D eigenvalue weighted by Crippen LogP contribution is -2.25. The Kier molecular flexibility index (Phi) is 4.02. The van der Waals surface area contributed by atoms with Crippen LogP contribution >= 0.6 is 0 Å². The number of furan rings is 1. The van der Waals surface area contributed by atoms with E-state index < -0.39 is 0 Å². The van der Waals surface area contributed by atoms with Crippen LogP contribution in [0.15, 0.2) is 47.1 Å². The lowest BCUT2D eigenvalue weighted by atomic mass is 10.2. The Labute approximate surface area is 106 Å². The van der Waals surface area contributed by atoms with E-state index in [0.29, 0.717) is 13.2 Å².